The minimum absolute atomic E-state index is 0.322. The lowest BCUT2D eigenvalue weighted by Crippen LogP contribution is -2.54. The molecule has 1 heterocycles. The molecule has 0 aliphatic carbocycles. The first kappa shape index (κ1) is 19.1. The third kappa shape index (κ3) is 4.80. The van der Waals surface area contributed by atoms with E-state index in [0.29, 0.717) is 19.4 Å². The molecule has 0 aromatic carbocycles. The van der Waals surface area contributed by atoms with Gasteiger partial charge in [0.15, 0.2) is 0 Å². The maximum Gasteiger partial charge on any atom is 0.411 e. The van der Waals surface area contributed by atoms with Crippen molar-refractivity contribution in [2.24, 2.45) is 0 Å². The van der Waals surface area contributed by atoms with Gasteiger partial charge in [0.05, 0.1) is 7.11 Å². The van der Waals surface area contributed by atoms with E-state index in [1.54, 1.807) is 4.90 Å². The standard InChI is InChI=1S/C16H29NO4S/c1-6-22-12-8-10-16(13(18)20-5)9-7-11-17(16)14(19)21-15(2,3)4/h6-12H2,1-5H3. The first-order valence-electron chi connectivity index (χ1n) is 7.93. The number of carbonyl (C=O) groups excluding carboxylic acids is 2. The number of thioether (sulfide) groups is 1. The summed E-state index contributed by atoms with van der Waals surface area (Å²) < 4.78 is 10.5. The van der Waals surface area contributed by atoms with Gasteiger partial charge in [-0.15, -0.1) is 0 Å². The Morgan fingerprint density at radius 1 is 1.32 bits per heavy atom. The number of nitrogens with zero attached hydrogens (tertiary/aromatic N) is 1. The Morgan fingerprint density at radius 3 is 2.55 bits per heavy atom. The average molecular weight is 331 g/mol. The number of likely N-dealkylation sites (tertiary alicyclic amines) is 1. The van der Waals surface area contributed by atoms with Gasteiger partial charge in [0.2, 0.25) is 0 Å². The summed E-state index contributed by atoms with van der Waals surface area (Å²) in [5.41, 5.74) is -1.43. The number of rotatable bonds is 6. The maximum atomic E-state index is 12.5. The predicted molar refractivity (Wildman–Crippen MR) is 89.2 cm³/mol. The minimum Gasteiger partial charge on any atom is -0.467 e. The van der Waals surface area contributed by atoms with Crippen LogP contribution >= 0.6 is 11.8 Å². The van der Waals surface area contributed by atoms with Crippen molar-refractivity contribution in [2.45, 2.75) is 64.5 Å². The Balaban J connectivity index is 2.87. The SMILES string of the molecule is CCSCCCC1(C(=O)OC)CCCN1C(=O)OC(C)(C)C. The van der Waals surface area contributed by atoms with E-state index in [9.17, 15) is 9.59 Å². The molecule has 22 heavy (non-hydrogen) atoms. The summed E-state index contributed by atoms with van der Waals surface area (Å²) in [4.78, 5) is 26.5. The molecule has 1 atom stereocenters. The van der Waals surface area contributed by atoms with Gasteiger partial charge in [0, 0.05) is 6.54 Å². The molecule has 6 heteroatoms. The van der Waals surface area contributed by atoms with Crippen molar-refractivity contribution in [3.63, 3.8) is 0 Å². The molecule has 0 spiro atoms. The molecule has 1 aliphatic heterocycles. The van der Waals surface area contributed by atoms with Crippen molar-refractivity contribution in [3.05, 3.63) is 0 Å². The minimum atomic E-state index is -0.856. The van der Waals surface area contributed by atoms with Gasteiger partial charge < -0.3 is 9.47 Å². The molecule has 0 bridgehead atoms. The van der Waals surface area contributed by atoms with E-state index in [1.165, 1.54) is 7.11 Å². The Kier molecular flexibility index (Phi) is 7.03. The zero-order valence-electron chi connectivity index (χ0n) is 14.4. The van der Waals surface area contributed by atoms with Crippen molar-refractivity contribution >= 4 is 23.8 Å². The topological polar surface area (TPSA) is 55.8 Å². The normalized spacial score (nSPS) is 21.8. The molecule has 0 aromatic rings. The molecule has 5 nitrogen and oxygen atoms in total. The van der Waals surface area contributed by atoms with Crippen LogP contribution < -0.4 is 0 Å². The predicted octanol–water partition coefficient (Wildman–Crippen LogP) is 3.46. The van der Waals surface area contributed by atoms with Crippen molar-refractivity contribution in [3.8, 4) is 0 Å². The van der Waals surface area contributed by atoms with Crippen LogP contribution in [0.15, 0.2) is 0 Å². The van der Waals surface area contributed by atoms with Gasteiger partial charge >= 0.3 is 12.1 Å². The number of esters is 1. The van der Waals surface area contributed by atoms with Crippen LogP contribution in [0, 0.1) is 0 Å². The van der Waals surface area contributed by atoms with Crippen LogP contribution in [-0.4, -0.2) is 53.3 Å². The number of methoxy groups -OCH3 is 1. The molecular formula is C16H29NO4S. The molecule has 1 unspecified atom stereocenters. The van der Waals surface area contributed by atoms with Gasteiger partial charge in [-0.25, -0.2) is 9.59 Å². The van der Waals surface area contributed by atoms with Crippen molar-refractivity contribution in [1.29, 1.82) is 0 Å². The second-order valence-electron chi connectivity index (χ2n) is 6.56. The molecule has 0 aromatic heterocycles. The highest BCUT2D eigenvalue weighted by molar-refractivity contribution is 7.99. The summed E-state index contributed by atoms with van der Waals surface area (Å²) in [6.07, 6.45) is 2.54. The lowest BCUT2D eigenvalue weighted by Gasteiger charge is -2.36. The van der Waals surface area contributed by atoms with Gasteiger partial charge in [-0.3, -0.25) is 4.90 Å². The van der Waals surface area contributed by atoms with E-state index in [0.717, 1.165) is 24.3 Å². The molecule has 1 rings (SSSR count). The number of hydrogen-bond donors (Lipinski definition) is 0. The fourth-order valence-electron chi connectivity index (χ4n) is 2.84. The van der Waals surface area contributed by atoms with Gasteiger partial charge in [0.1, 0.15) is 11.1 Å². The van der Waals surface area contributed by atoms with Crippen LogP contribution in [-0.2, 0) is 14.3 Å². The summed E-state index contributed by atoms with van der Waals surface area (Å²) in [5.74, 6) is 1.72. The highest BCUT2D eigenvalue weighted by Crippen LogP contribution is 2.36. The highest BCUT2D eigenvalue weighted by Gasteiger charge is 2.51. The summed E-state index contributed by atoms with van der Waals surface area (Å²) in [7, 11) is 1.39. The quantitative estimate of drug-likeness (QED) is 0.551. The van der Waals surface area contributed by atoms with E-state index < -0.39 is 17.2 Å². The van der Waals surface area contributed by atoms with Crippen LogP contribution in [0.2, 0.25) is 0 Å². The Morgan fingerprint density at radius 2 is 2.00 bits per heavy atom. The second-order valence-corrected chi connectivity index (χ2v) is 7.95. The molecule has 128 valence electrons. The van der Waals surface area contributed by atoms with Gasteiger partial charge in [-0.05, 0) is 58.0 Å². The lowest BCUT2D eigenvalue weighted by molar-refractivity contribution is -0.153. The van der Waals surface area contributed by atoms with E-state index >= 15 is 0 Å². The zero-order valence-corrected chi connectivity index (χ0v) is 15.3. The third-order valence-electron chi connectivity index (χ3n) is 3.75. The molecule has 1 aliphatic rings. The molecule has 0 radical (unpaired) electrons. The van der Waals surface area contributed by atoms with Crippen molar-refractivity contribution in [1.82, 2.24) is 4.90 Å². The van der Waals surface area contributed by atoms with Crippen LogP contribution in [0.4, 0.5) is 4.79 Å². The van der Waals surface area contributed by atoms with Gasteiger partial charge in [0.25, 0.3) is 0 Å². The molecule has 1 amide bonds. The fourth-order valence-corrected chi connectivity index (χ4v) is 3.47. The Labute approximate surface area is 138 Å². The highest BCUT2D eigenvalue weighted by atomic mass is 32.2. The van der Waals surface area contributed by atoms with Crippen LogP contribution in [0.25, 0.3) is 0 Å². The van der Waals surface area contributed by atoms with Crippen LogP contribution in [0.5, 0.6) is 0 Å². The summed E-state index contributed by atoms with van der Waals surface area (Å²) in [5, 5.41) is 0. The second kappa shape index (κ2) is 8.09. The van der Waals surface area contributed by atoms with Crippen molar-refractivity contribution < 1.29 is 19.1 Å². The monoisotopic (exact) mass is 331 g/mol. The molecule has 1 fully saturated rings. The smallest absolute Gasteiger partial charge is 0.411 e. The van der Waals surface area contributed by atoms with E-state index in [2.05, 4.69) is 6.92 Å². The molecular weight excluding hydrogens is 302 g/mol. The Hall–Kier alpha value is -0.910. The summed E-state index contributed by atoms with van der Waals surface area (Å²) >= 11 is 1.84. The summed E-state index contributed by atoms with van der Waals surface area (Å²) in [6.45, 7) is 8.16. The average Bonchev–Trinajstić information content (AvgIpc) is 2.86. The molecule has 1 saturated heterocycles. The van der Waals surface area contributed by atoms with Gasteiger partial charge in [-0.2, -0.15) is 11.8 Å². The first-order chi connectivity index (χ1) is 10.3. The van der Waals surface area contributed by atoms with E-state index in [1.807, 2.05) is 32.5 Å². The van der Waals surface area contributed by atoms with Crippen LogP contribution in [0.1, 0.15) is 53.4 Å². The largest absolute Gasteiger partial charge is 0.467 e. The maximum absolute atomic E-state index is 12.5. The van der Waals surface area contributed by atoms with E-state index in [4.69, 9.17) is 9.47 Å². The number of amides is 1. The summed E-state index contributed by atoms with van der Waals surface area (Å²) in [6, 6.07) is 0. The third-order valence-corrected chi connectivity index (χ3v) is 4.74. The van der Waals surface area contributed by atoms with Crippen molar-refractivity contribution in [2.75, 3.05) is 25.2 Å². The lowest BCUT2D eigenvalue weighted by atomic mass is 9.91. The van der Waals surface area contributed by atoms with E-state index in [-0.39, 0.29) is 5.97 Å². The number of carbonyl (C=O) groups is 2. The first-order valence-corrected chi connectivity index (χ1v) is 9.09. The zero-order chi connectivity index (χ0) is 16.8. The Bertz CT molecular complexity index is 394. The van der Waals surface area contributed by atoms with Gasteiger partial charge in [-0.1, -0.05) is 6.92 Å². The fraction of sp³-hybridized carbons (Fsp3) is 0.875. The molecule has 0 N–H and O–H groups in total. The molecule has 0 saturated carbocycles. The number of ether oxygens (including phenoxy) is 2. The number of hydrogen-bond acceptors (Lipinski definition) is 5. The van der Waals surface area contributed by atoms with Crippen LogP contribution in [0.3, 0.4) is 0 Å².